The summed E-state index contributed by atoms with van der Waals surface area (Å²) in [4.78, 5) is 15.7. The van der Waals surface area contributed by atoms with Gasteiger partial charge in [-0.2, -0.15) is 0 Å². The standard InChI is InChI=1S/C18H28N2O2/c1-4-22-17-7-5-16(6-8-17)14-19-9-11-20(12-10-19)18(21)13-15(2)3/h5-8,15H,4,9-14H2,1-3H3/p+1. The third kappa shape index (κ3) is 5.02. The Kier molecular flexibility index (Phi) is 6.25. The van der Waals surface area contributed by atoms with Crippen molar-refractivity contribution >= 4 is 5.91 Å². The molecule has 1 aromatic carbocycles. The lowest BCUT2D eigenvalue weighted by atomic mass is 10.1. The minimum Gasteiger partial charge on any atom is -0.494 e. The topological polar surface area (TPSA) is 34.0 Å². The summed E-state index contributed by atoms with van der Waals surface area (Å²) in [5.74, 6) is 1.70. The van der Waals surface area contributed by atoms with Gasteiger partial charge in [-0.1, -0.05) is 13.8 Å². The van der Waals surface area contributed by atoms with Crippen LogP contribution in [0.1, 0.15) is 32.8 Å². The van der Waals surface area contributed by atoms with Gasteiger partial charge in [0.1, 0.15) is 12.3 Å². The van der Waals surface area contributed by atoms with Crippen molar-refractivity contribution in [1.29, 1.82) is 0 Å². The van der Waals surface area contributed by atoms with Crippen molar-refractivity contribution in [2.24, 2.45) is 5.92 Å². The van der Waals surface area contributed by atoms with Crippen molar-refractivity contribution in [3.63, 3.8) is 0 Å². The average molecular weight is 305 g/mol. The van der Waals surface area contributed by atoms with Gasteiger partial charge in [0.15, 0.2) is 0 Å². The van der Waals surface area contributed by atoms with Crippen molar-refractivity contribution in [1.82, 2.24) is 4.90 Å². The van der Waals surface area contributed by atoms with Crippen LogP contribution in [0.25, 0.3) is 0 Å². The normalized spacial score (nSPS) is 16.1. The van der Waals surface area contributed by atoms with Gasteiger partial charge in [-0.25, -0.2) is 0 Å². The lowest BCUT2D eigenvalue weighted by molar-refractivity contribution is -0.917. The van der Waals surface area contributed by atoms with Gasteiger partial charge < -0.3 is 14.5 Å². The number of nitrogens with zero attached hydrogens (tertiary/aromatic N) is 1. The van der Waals surface area contributed by atoms with E-state index in [1.54, 1.807) is 4.90 Å². The summed E-state index contributed by atoms with van der Waals surface area (Å²) < 4.78 is 5.47. The third-order valence-corrected chi connectivity index (χ3v) is 4.09. The molecule has 4 heteroatoms. The Morgan fingerprint density at radius 2 is 1.86 bits per heavy atom. The molecule has 0 bridgehead atoms. The van der Waals surface area contributed by atoms with Crippen LogP contribution in [0.15, 0.2) is 24.3 Å². The number of hydrogen-bond acceptors (Lipinski definition) is 2. The molecule has 1 amide bonds. The maximum atomic E-state index is 12.1. The number of carbonyl (C=O) groups is 1. The maximum absolute atomic E-state index is 12.1. The summed E-state index contributed by atoms with van der Waals surface area (Å²) in [5, 5.41) is 0. The summed E-state index contributed by atoms with van der Waals surface area (Å²) in [6.07, 6.45) is 0.675. The molecule has 0 saturated carbocycles. The zero-order valence-electron chi connectivity index (χ0n) is 14.1. The molecular formula is C18H29N2O2+. The molecule has 0 radical (unpaired) electrons. The zero-order valence-corrected chi connectivity index (χ0v) is 14.1. The van der Waals surface area contributed by atoms with Gasteiger partial charge >= 0.3 is 0 Å². The average Bonchev–Trinajstić information content (AvgIpc) is 2.49. The van der Waals surface area contributed by atoms with Crippen LogP contribution in [0.3, 0.4) is 0 Å². The SMILES string of the molecule is CCOc1ccc(C[NH+]2CCN(C(=O)CC(C)C)CC2)cc1. The van der Waals surface area contributed by atoms with Gasteiger partial charge in [-0.05, 0) is 37.1 Å². The minimum absolute atomic E-state index is 0.315. The lowest BCUT2D eigenvalue weighted by Gasteiger charge is -2.32. The molecular weight excluding hydrogens is 276 g/mol. The van der Waals surface area contributed by atoms with E-state index in [0.29, 0.717) is 24.9 Å². The second-order valence-electron chi connectivity index (χ2n) is 6.48. The van der Waals surface area contributed by atoms with Gasteiger partial charge in [-0.3, -0.25) is 4.79 Å². The maximum Gasteiger partial charge on any atom is 0.223 e. The lowest BCUT2D eigenvalue weighted by Crippen LogP contribution is -3.13. The molecule has 0 atom stereocenters. The van der Waals surface area contributed by atoms with E-state index < -0.39 is 0 Å². The predicted molar refractivity (Wildman–Crippen MR) is 88.0 cm³/mol. The highest BCUT2D eigenvalue weighted by molar-refractivity contribution is 5.76. The van der Waals surface area contributed by atoms with E-state index in [-0.39, 0.29) is 0 Å². The first-order valence-corrected chi connectivity index (χ1v) is 8.41. The van der Waals surface area contributed by atoms with Crippen LogP contribution in [0.5, 0.6) is 5.75 Å². The number of piperazine rings is 1. The van der Waals surface area contributed by atoms with Crippen LogP contribution in [0, 0.1) is 5.92 Å². The quantitative estimate of drug-likeness (QED) is 0.861. The number of carbonyl (C=O) groups excluding carboxylic acids is 1. The fraction of sp³-hybridized carbons (Fsp3) is 0.611. The summed E-state index contributed by atoms with van der Waals surface area (Å²) in [7, 11) is 0. The molecule has 1 heterocycles. The second kappa shape index (κ2) is 8.18. The van der Waals surface area contributed by atoms with Gasteiger partial charge in [0, 0.05) is 12.0 Å². The summed E-state index contributed by atoms with van der Waals surface area (Å²) in [6.45, 7) is 11.8. The molecule has 122 valence electrons. The fourth-order valence-corrected chi connectivity index (χ4v) is 2.89. The zero-order chi connectivity index (χ0) is 15.9. The van der Waals surface area contributed by atoms with Crippen LogP contribution in [0.4, 0.5) is 0 Å². The first-order valence-electron chi connectivity index (χ1n) is 8.41. The van der Waals surface area contributed by atoms with E-state index in [9.17, 15) is 4.79 Å². The number of benzene rings is 1. The smallest absolute Gasteiger partial charge is 0.223 e. The van der Waals surface area contributed by atoms with Gasteiger partial charge in [0.2, 0.25) is 5.91 Å². The highest BCUT2D eigenvalue weighted by Gasteiger charge is 2.23. The van der Waals surface area contributed by atoms with E-state index in [4.69, 9.17) is 4.74 Å². The van der Waals surface area contributed by atoms with E-state index in [0.717, 1.165) is 38.5 Å². The predicted octanol–water partition coefficient (Wildman–Crippen LogP) is 1.36. The number of hydrogen-bond donors (Lipinski definition) is 1. The number of amides is 1. The third-order valence-electron chi connectivity index (χ3n) is 4.09. The largest absolute Gasteiger partial charge is 0.494 e. The molecule has 0 spiro atoms. The van der Waals surface area contributed by atoms with Crippen LogP contribution in [0.2, 0.25) is 0 Å². The van der Waals surface area contributed by atoms with Crippen molar-refractivity contribution in [2.75, 3.05) is 32.8 Å². The molecule has 1 aliphatic heterocycles. The molecule has 0 aliphatic carbocycles. The van der Waals surface area contributed by atoms with Gasteiger partial charge in [0.25, 0.3) is 0 Å². The first kappa shape index (κ1) is 16.8. The highest BCUT2D eigenvalue weighted by atomic mass is 16.5. The Morgan fingerprint density at radius 1 is 1.23 bits per heavy atom. The monoisotopic (exact) mass is 305 g/mol. The number of ether oxygens (including phenoxy) is 1. The van der Waals surface area contributed by atoms with E-state index in [1.807, 2.05) is 24.0 Å². The Bertz CT molecular complexity index is 462. The molecule has 4 nitrogen and oxygen atoms in total. The van der Waals surface area contributed by atoms with E-state index in [2.05, 4.69) is 26.0 Å². The van der Waals surface area contributed by atoms with Gasteiger partial charge in [0.05, 0.1) is 32.8 Å². The molecule has 1 saturated heterocycles. The van der Waals surface area contributed by atoms with Crippen molar-refractivity contribution in [3.05, 3.63) is 29.8 Å². The van der Waals surface area contributed by atoms with Crippen LogP contribution >= 0.6 is 0 Å². The van der Waals surface area contributed by atoms with Crippen LogP contribution < -0.4 is 9.64 Å². The molecule has 0 aromatic heterocycles. The molecule has 1 N–H and O–H groups in total. The number of rotatable bonds is 6. The molecule has 1 aromatic rings. The Labute approximate surface area is 134 Å². The van der Waals surface area contributed by atoms with E-state index in [1.165, 1.54) is 5.56 Å². The molecule has 0 unspecified atom stereocenters. The first-order chi connectivity index (χ1) is 10.6. The fourth-order valence-electron chi connectivity index (χ4n) is 2.89. The summed E-state index contributed by atoms with van der Waals surface area (Å²) in [6, 6.07) is 8.38. The van der Waals surface area contributed by atoms with Crippen molar-refractivity contribution in [3.8, 4) is 5.75 Å². The van der Waals surface area contributed by atoms with Crippen molar-refractivity contribution < 1.29 is 14.4 Å². The summed E-state index contributed by atoms with van der Waals surface area (Å²) >= 11 is 0. The number of quaternary nitrogens is 1. The highest BCUT2D eigenvalue weighted by Crippen LogP contribution is 2.11. The Morgan fingerprint density at radius 3 is 2.41 bits per heavy atom. The number of nitrogens with one attached hydrogen (secondary N) is 1. The van der Waals surface area contributed by atoms with E-state index >= 15 is 0 Å². The van der Waals surface area contributed by atoms with Crippen LogP contribution in [-0.4, -0.2) is 43.6 Å². The molecule has 22 heavy (non-hydrogen) atoms. The second-order valence-corrected chi connectivity index (χ2v) is 6.48. The van der Waals surface area contributed by atoms with Crippen molar-refractivity contribution in [2.45, 2.75) is 33.7 Å². The Balaban J connectivity index is 1.78. The molecule has 2 rings (SSSR count). The summed E-state index contributed by atoms with van der Waals surface area (Å²) in [5.41, 5.74) is 1.33. The van der Waals surface area contributed by atoms with Gasteiger partial charge in [-0.15, -0.1) is 0 Å². The molecule has 1 aliphatic rings. The minimum atomic E-state index is 0.315. The molecule has 1 fully saturated rings. The Hall–Kier alpha value is -1.55. The van der Waals surface area contributed by atoms with Crippen LogP contribution in [-0.2, 0) is 11.3 Å².